The topological polar surface area (TPSA) is 106 Å². The van der Waals surface area contributed by atoms with Crippen molar-refractivity contribution in [3.63, 3.8) is 0 Å². The molecule has 0 atom stereocenters. The summed E-state index contributed by atoms with van der Waals surface area (Å²) in [5.41, 5.74) is 1.05. The van der Waals surface area contributed by atoms with Gasteiger partial charge in [0, 0.05) is 31.8 Å². The van der Waals surface area contributed by atoms with Crippen LogP contribution >= 0.6 is 0 Å². The van der Waals surface area contributed by atoms with E-state index >= 15 is 0 Å². The summed E-state index contributed by atoms with van der Waals surface area (Å²) in [6.07, 6.45) is 0. The average Bonchev–Trinajstić information content (AvgIpc) is 2.67. The molecule has 1 amide bonds. The molecule has 0 spiro atoms. The van der Waals surface area contributed by atoms with Crippen LogP contribution in [0, 0.1) is 21.4 Å². The molecule has 8 nitrogen and oxygen atoms in total. The van der Waals surface area contributed by atoms with Gasteiger partial charge in [-0.3, -0.25) is 14.9 Å². The molecule has 0 N–H and O–H groups in total. The van der Waals surface area contributed by atoms with E-state index in [0.29, 0.717) is 29.2 Å². The first kappa shape index (κ1) is 19.7. The Labute approximate surface area is 156 Å². The molecule has 0 fully saturated rings. The second kappa shape index (κ2) is 9.20. The maximum Gasteiger partial charge on any atom is 0.269 e. The number of rotatable bonds is 8. The molecule has 8 heteroatoms. The second-order valence-electron chi connectivity index (χ2n) is 5.67. The Hall–Kier alpha value is -3.60. The monoisotopic (exact) mass is 369 g/mol. The number of nitro groups is 1. The first-order valence-electron chi connectivity index (χ1n) is 8.21. The molecule has 0 radical (unpaired) electrons. The molecular weight excluding hydrogens is 350 g/mol. The number of non-ortho nitro benzene ring substituents is 1. The summed E-state index contributed by atoms with van der Waals surface area (Å²) in [5.74, 6) is 0.465. The molecule has 0 aliphatic rings. The largest absolute Gasteiger partial charge is 0.490 e. The molecule has 2 rings (SSSR count). The number of hydrogen-bond acceptors (Lipinski definition) is 6. The van der Waals surface area contributed by atoms with Gasteiger partial charge >= 0.3 is 0 Å². The Balaban J connectivity index is 2.00. The maximum atomic E-state index is 12.3. The molecule has 2 aromatic rings. The lowest BCUT2D eigenvalue weighted by atomic mass is 10.2. The standard InChI is InChI=1S/C19H19N3O5/c1-3-26-18-10-14(11-20)7-8-17(18)27-13-19(23)21(2)12-15-5-4-6-16(9-15)22(24)25/h4-10H,3,12-13H2,1-2H3. The first-order valence-corrected chi connectivity index (χ1v) is 8.21. The fraction of sp³-hybridized carbons (Fsp3) is 0.263. The molecule has 0 bridgehead atoms. The van der Waals surface area contributed by atoms with Crippen LogP contribution in [0.25, 0.3) is 0 Å². The minimum atomic E-state index is -0.478. The van der Waals surface area contributed by atoms with Crippen molar-refractivity contribution in [1.29, 1.82) is 5.26 Å². The highest BCUT2D eigenvalue weighted by atomic mass is 16.6. The number of hydrogen-bond donors (Lipinski definition) is 0. The maximum absolute atomic E-state index is 12.3. The van der Waals surface area contributed by atoms with Crippen LogP contribution in [0.1, 0.15) is 18.1 Å². The van der Waals surface area contributed by atoms with Gasteiger partial charge in [0.05, 0.1) is 23.2 Å². The quantitative estimate of drug-likeness (QED) is 0.523. The third-order valence-electron chi connectivity index (χ3n) is 3.69. The van der Waals surface area contributed by atoms with E-state index in [4.69, 9.17) is 14.7 Å². The highest BCUT2D eigenvalue weighted by molar-refractivity contribution is 5.77. The van der Waals surface area contributed by atoms with Crippen LogP contribution in [0.4, 0.5) is 5.69 Å². The molecule has 0 aromatic heterocycles. The van der Waals surface area contributed by atoms with Crippen molar-refractivity contribution < 1.29 is 19.2 Å². The minimum absolute atomic E-state index is 0.0245. The lowest BCUT2D eigenvalue weighted by molar-refractivity contribution is -0.384. The van der Waals surface area contributed by atoms with Gasteiger partial charge in [-0.25, -0.2) is 0 Å². The number of nitrogens with zero attached hydrogens (tertiary/aromatic N) is 3. The van der Waals surface area contributed by atoms with E-state index in [1.807, 2.05) is 6.07 Å². The average molecular weight is 369 g/mol. The van der Waals surface area contributed by atoms with E-state index in [1.54, 1.807) is 44.3 Å². The van der Waals surface area contributed by atoms with Crippen molar-refractivity contribution in [2.45, 2.75) is 13.5 Å². The first-order chi connectivity index (χ1) is 12.9. The van der Waals surface area contributed by atoms with Gasteiger partial charge in [-0.05, 0) is 24.6 Å². The molecule has 27 heavy (non-hydrogen) atoms. The number of ether oxygens (including phenoxy) is 2. The SMILES string of the molecule is CCOc1cc(C#N)ccc1OCC(=O)N(C)Cc1cccc([N+](=O)[O-])c1. The van der Waals surface area contributed by atoms with E-state index in [9.17, 15) is 14.9 Å². The Morgan fingerprint density at radius 2 is 2.00 bits per heavy atom. The van der Waals surface area contributed by atoms with E-state index < -0.39 is 4.92 Å². The van der Waals surface area contributed by atoms with Gasteiger partial charge in [0.25, 0.3) is 11.6 Å². The van der Waals surface area contributed by atoms with Gasteiger partial charge < -0.3 is 14.4 Å². The fourth-order valence-electron chi connectivity index (χ4n) is 2.35. The zero-order valence-corrected chi connectivity index (χ0v) is 15.0. The van der Waals surface area contributed by atoms with E-state index in [1.165, 1.54) is 17.0 Å². The van der Waals surface area contributed by atoms with Gasteiger partial charge in [-0.2, -0.15) is 5.26 Å². The van der Waals surface area contributed by atoms with Crippen LogP contribution in [-0.2, 0) is 11.3 Å². The smallest absolute Gasteiger partial charge is 0.269 e. The highest BCUT2D eigenvalue weighted by Gasteiger charge is 2.14. The fourth-order valence-corrected chi connectivity index (χ4v) is 2.35. The van der Waals surface area contributed by atoms with Crippen molar-refractivity contribution >= 4 is 11.6 Å². The van der Waals surface area contributed by atoms with Crippen LogP contribution in [-0.4, -0.2) is 36.0 Å². The highest BCUT2D eigenvalue weighted by Crippen LogP contribution is 2.28. The lowest BCUT2D eigenvalue weighted by Gasteiger charge is -2.18. The van der Waals surface area contributed by atoms with E-state index in [0.717, 1.165) is 0 Å². The summed E-state index contributed by atoms with van der Waals surface area (Å²) in [5, 5.41) is 19.8. The summed E-state index contributed by atoms with van der Waals surface area (Å²) in [6.45, 7) is 2.19. The molecule has 0 unspecified atom stereocenters. The van der Waals surface area contributed by atoms with Crippen LogP contribution < -0.4 is 9.47 Å². The van der Waals surface area contributed by atoms with Gasteiger partial charge in [-0.15, -0.1) is 0 Å². The van der Waals surface area contributed by atoms with Crippen molar-refractivity contribution in [2.24, 2.45) is 0 Å². The minimum Gasteiger partial charge on any atom is -0.490 e. The van der Waals surface area contributed by atoms with Crippen LogP contribution in [0.5, 0.6) is 11.5 Å². The predicted molar refractivity (Wildman–Crippen MR) is 97.4 cm³/mol. The van der Waals surface area contributed by atoms with Crippen molar-refractivity contribution in [1.82, 2.24) is 4.90 Å². The number of nitriles is 1. The Morgan fingerprint density at radius 3 is 2.67 bits per heavy atom. The second-order valence-corrected chi connectivity index (χ2v) is 5.67. The van der Waals surface area contributed by atoms with Crippen molar-refractivity contribution in [3.8, 4) is 17.6 Å². The molecular formula is C19H19N3O5. The Kier molecular flexibility index (Phi) is 6.72. The number of likely N-dealkylation sites (N-methyl/N-ethyl adjacent to an activating group) is 1. The van der Waals surface area contributed by atoms with Crippen molar-refractivity contribution in [2.75, 3.05) is 20.3 Å². The van der Waals surface area contributed by atoms with Gasteiger partial charge in [-0.1, -0.05) is 12.1 Å². The van der Waals surface area contributed by atoms with Crippen molar-refractivity contribution in [3.05, 3.63) is 63.7 Å². The number of carbonyl (C=O) groups is 1. The number of nitro benzene ring substituents is 1. The van der Waals surface area contributed by atoms with Gasteiger partial charge in [0.2, 0.25) is 0 Å². The molecule has 0 saturated carbocycles. The van der Waals surface area contributed by atoms with Crippen LogP contribution in [0.2, 0.25) is 0 Å². The third-order valence-corrected chi connectivity index (χ3v) is 3.69. The van der Waals surface area contributed by atoms with Crippen LogP contribution in [0.15, 0.2) is 42.5 Å². The molecule has 0 heterocycles. The molecule has 0 aliphatic heterocycles. The summed E-state index contributed by atoms with van der Waals surface area (Å²) in [6, 6.07) is 12.8. The predicted octanol–water partition coefficient (Wildman–Crippen LogP) is 2.90. The van der Waals surface area contributed by atoms with E-state index in [-0.39, 0.29) is 24.7 Å². The summed E-state index contributed by atoms with van der Waals surface area (Å²) >= 11 is 0. The summed E-state index contributed by atoms with van der Waals surface area (Å²) in [4.78, 5) is 24.1. The number of amides is 1. The Bertz CT molecular complexity index is 876. The third kappa shape index (κ3) is 5.44. The molecule has 140 valence electrons. The number of carbonyl (C=O) groups excluding carboxylic acids is 1. The zero-order chi connectivity index (χ0) is 19.8. The van der Waals surface area contributed by atoms with E-state index in [2.05, 4.69) is 0 Å². The zero-order valence-electron chi connectivity index (χ0n) is 15.0. The van der Waals surface area contributed by atoms with Crippen LogP contribution in [0.3, 0.4) is 0 Å². The summed E-state index contributed by atoms with van der Waals surface area (Å²) < 4.78 is 11.0. The molecule has 0 saturated heterocycles. The Morgan fingerprint density at radius 1 is 1.22 bits per heavy atom. The number of benzene rings is 2. The summed E-state index contributed by atoms with van der Waals surface area (Å²) in [7, 11) is 1.59. The lowest BCUT2D eigenvalue weighted by Crippen LogP contribution is -2.31. The molecule has 0 aliphatic carbocycles. The molecule has 2 aromatic carbocycles. The van der Waals surface area contributed by atoms with Gasteiger partial charge in [0.15, 0.2) is 18.1 Å². The van der Waals surface area contributed by atoms with Gasteiger partial charge in [0.1, 0.15) is 0 Å². The normalized spacial score (nSPS) is 9.96.